The van der Waals surface area contributed by atoms with E-state index in [1.807, 2.05) is 0 Å². The molecule has 0 heterocycles. The van der Waals surface area contributed by atoms with E-state index in [1.54, 1.807) is 0 Å². The van der Waals surface area contributed by atoms with E-state index in [-0.39, 0.29) is 5.60 Å². The number of alkyl halides is 1. The third kappa shape index (κ3) is 5.00. The summed E-state index contributed by atoms with van der Waals surface area (Å²) in [6.45, 7) is 4.52. The molecular weight excluding hydrogens is 303 g/mol. The summed E-state index contributed by atoms with van der Waals surface area (Å²) in [5.74, 6) is 0. The van der Waals surface area contributed by atoms with Gasteiger partial charge in [-0.25, -0.2) is 0 Å². The lowest BCUT2D eigenvalue weighted by Gasteiger charge is -2.35. The quantitative estimate of drug-likeness (QED) is 0.405. The van der Waals surface area contributed by atoms with Crippen LogP contribution in [0, 0.1) is 0 Å². The smallest absolute Gasteiger partial charge is 0.0772 e. The van der Waals surface area contributed by atoms with E-state index in [0.29, 0.717) is 0 Å². The number of halogens is 1. The summed E-state index contributed by atoms with van der Waals surface area (Å²) in [6.07, 6.45) is 7.62. The minimum Gasteiger partial charge on any atom is -0.379 e. The zero-order valence-electron chi connectivity index (χ0n) is 9.77. The van der Waals surface area contributed by atoms with Crippen molar-refractivity contribution in [2.45, 2.75) is 51.0 Å². The summed E-state index contributed by atoms with van der Waals surface area (Å²) in [6, 6.07) is 0. The Morgan fingerprint density at radius 3 is 2.40 bits per heavy atom. The monoisotopic (exact) mass is 326 g/mol. The summed E-state index contributed by atoms with van der Waals surface area (Å²) in [5, 5.41) is 0. The van der Waals surface area contributed by atoms with Crippen molar-refractivity contribution in [3.63, 3.8) is 0 Å². The Bertz CT molecular complexity index is 156. The first-order chi connectivity index (χ1) is 7.33. The fraction of sp³-hybridized carbons (Fsp3) is 1.00. The van der Waals surface area contributed by atoms with Crippen LogP contribution in [0.2, 0.25) is 0 Å². The Labute approximate surface area is 107 Å². The lowest BCUT2D eigenvalue weighted by Crippen LogP contribution is -2.37. The van der Waals surface area contributed by atoms with Gasteiger partial charge in [0.05, 0.1) is 18.8 Å². The van der Waals surface area contributed by atoms with Gasteiger partial charge in [0, 0.05) is 11.0 Å². The van der Waals surface area contributed by atoms with Crippen molar-refractivity contribution in [3.05, 3.63) is 0 Å². The standard InChI is InChI=1S/C12H23IO2/c1-2-8-14-9-10-15-12(11-13)6-4-3-5-7-12/h2-11H2,1H3. The van der Waals surface area contributed by atoms with Crippen molar-refractivity contribution in [1.82, 2.24) is 0 Å². The van der Waals surface area contributed by atoms with E-state index in [1.165, 1.54) is 32.1 Å². The highest BCUT2D eigenvalue weighted by Gasteiger charge is 2.31. The van der Waals surface area contributed by atoms with E-state index in [9.17, 15) is 0 Å². The molecule has 0 spiro atoms. The van der Waals surface area contributed by atoms with Gasteiger partial charge in [-0.15, -0.1) is 0 Å². The summed E-state index contributed by atoms with van der Waals surface area (Å²) in [7, 11) is 0. The van der Waals surface area contributed by atoms with Crippen LogP contribution in [-0.2, 0) is 9.47 Å². The van der Waals surface area contributed by atoms with Crippen molar-refractivity contribution in [3.8, 4) is 0 Å². The zero-order valence-corrected chi connectivity index (χ0v) is 11.9. The Kier molecular flexibility index (Phi) is 7.17. The van der Waals surface area contributed by atoms with Crippen molar-refractivity contribution >= 4 is 22.6 Å². The normalized spacial score (nSPS) is 20.4. The van der Waals surface area contributed by atoms with Crippen molar-refractivity contribution < 1.29 is 9.47 Å². The molecule has 0 saturated heterocycles. The van der Waals surface area contributed by atoms with Gasteiger partial charge in [-0.2, -0.15) is 0 Å². The molecule has 0 N–H and O–H groups in total. The highest BCUT2D eigenvalue weighted by atomic mass is 127. The van der Waals surface area contributed by atoms with E-state index in [0.717, 1.165) is 30.7 Å². The van der Waals surface area contributed by atoms with Gasteiger partial charge in [0.2, 0.25) is 0 Å². The average molecular weight is 326 g/mol. The van der Waals surface area contributed by atoms with Gasteiger partial charge in [0.25, 0.3) is 0 Å². The molecule has 0 aliphatic heterocycles. The average Bonchev–Trinajstić information content (AvgIpc) is 2.30. The van der Waals surface area contributed by atoms with E-state index in [4.69, 9.17) is 9.47 Å². The van der Waals surface area contributed by atoms with Gasteiger partial charge in [0.15, 0.2) is 0 Å². The van der Waals surface area contributed by atoms with Gasteiger partial charge in [0.1, 0.15) is 0 Å². The molecule has 3 heteroatoms. The Morgan fingerprint density at radius 1 is 1.07 bits per heavy atom. The number of hydrogen-bond donors (Lipinski definition) is 0. The number of ether oxygens (including phenoxy) is 2. The summed E-state index contributed by atoms with van der Waals surface area (Å²) in [4.78, 5) is 0. The van der Waals surface area contributed by atoms with Crippen molar-refractivity contribution in [2.24, 2.45) is 0 Å². The lowest BCUT2D eigenvalue weighted by atomic mass is 9.86. The molecule has 0 aromatic carbocycles. The molecule has 0 atom stereocenters. The Morgan fingerprint density at radius 2 is 1.80 bits per heavy atom. The first-order valence-electron chi connectivity index (χ1n) is 6.11. The van der Waals surface area contributed by atoms with Crippen LogP contribution in [0.5, 0.6) is 0 Å². The lowest BCUT2D eigenvalue weighted by molar-refractivity contribution is -0.0709. The highest BCUT2D eigenvalue weighted by Crippen LogP contribution is 2.33. The molecule has 2 nitrogen and oxygen atoms in total. The van der Waals surface area contributed by atoms with Gasteiger partial charge in [-0.05, 0) is 19.3 Å². The predicted molar refractivity (Wildman–Crippen MR) is 71.8 cm³/mol. The number of rotatable bonds is 7. The fourth-order valence-electron chi connectivity index (χ4n) is 2.08. The first-order valence-corrected chi connectivity index (χ1v) is 7.63. The van der Waals surface area contributed by atoms with E-state index < -0.39 is 0 Å². The second-order valence-electron chi connectivity index (χ2n) is 4.34. The minimum absolute atomic E-state index is 0.175. The maximum absolute atomic E-state index is 6.03. The molecule has 1 rings (SSSR count). The highest BCUT2D eigenvalue weighted by molar-refractivity contribution is 14.1. The summed E-state index contributed by atoms with van der Waals surface area (Å²) < 4.78 is 12.6. The van der Waals surface area contributed by atoms with Crippen LogP contribution >= 0.6 is 22.6 Å². The fourth-order valence-corrected chi connectivity index (χ4v) is 3.06. The Hall–Kier alpha value is 0.650. The van der Waals surface area contributed by atoms with Crippen LogP contribution in [0.25, 0.3) is 0 Å². The SMILES string of the molecule is CCCOCCOC1(CI)CCCCC1. The zero-order chi connectivity index (χ0) is 11.0. The van der Waals surface area contributed by atoms with Gasteiger partial charge in [-0.3, -0.25) is 0 Å². The number of hydrogen-bond acceptors (Lipinski definition) is 2. The first kappa shape index (κ1) is 13.7. The molecule has 0 amide bonds. The van der Waals surface area contributed by atoms with Gasteiger partial charge < -0.3 is 9.47 Å². The molecule has 1 fully saturated rings. The van der Waals surface area contributed by atoms with E-state index >= 15 is 0 Å². The molecule has 1 aliphatic rings. The topological polar surface area (TPSA) is 18.5 Å². The van der Waals surface area contributed by atoms with Crippen molar-refractivity contribution in [2.75, 3.05) is 24.2 Å². The van der Waals surface area contributed by atoms with E-state index in [2.05, 4.69) is 29.5 Å². The van der Waals surface area contributed by atoms with Crippen LogP contribution in [0.1, 0.15) is 45.4 Å². The maximum atomic E-state index is 6.03. The van der Waals surface area contributed by atoms with Crippen LogP contribution in [0.3, 0.4) is 0 Å². The molecule has 0 unspecified atom stereocenters. The predicted octanol–water partition coefficient (Wildman–Crippen LogP) is 3.57. The second-order valence-corrected chi connectivity index (χ2v) is 5.10. The molecule has 0 radical (unpaired) electrons. The molecule has 1 aliphatic carbocycles. The largest absolute Gasteiger partial charge is 0.379 e. The molecule has 1 saturated carbocycles. The van der Waals surface area contributed by atoms with Gasteiger partial charge >= 0.3 is 0 Å². The maximum Gasteiger partial charge on any atom is 0.0772 e. The third-order valence-electron chi connectivity index (χ3n) is 2.99. The molecule has 15 heavy (non-hydrogen) atoms. The summed E-state index contributed by atoms with van der Waals surface area (Å²) in [5.41, 5.74) is 0.175. The third-order valence-corrected chi connectivity index (χ3v) is 4.38. The Balaban J connectivity index is 2.15. The van der Waals surface area contributed by atoms with Gasteiger partial charge in [-0.1, -0.05) is 48.8 Å². The van der Waals surface area contributed by atoms with Crippen LogP contribution in [0.4, 0.5) is 0 Å². The van der Waals surface area contributed by atoms with Crippen LogP contribution < -0.4 is 0 Å². The molecule has 0 bridgehead atoms. The summed E-state index contributed by atoms with van der Waals surface area (Å²) >= 11 is 2.46. The molecule has 0 aromatic rings. The van der Waals surface area contributed by atoms with Crippen LogP contribution in [0.15, 0.2) is 0 Å². The minimum atomic E-state index is 0.175. The van der Waals surface area contributed by atoms with Crippen LogP contribution in [-0.4, -0.2) is 29.8 Å². The molecule has 90 valence electrons. The molecule has 0 aromatic heterocycles. The molecular formula is C12H23IO2. The van der Waals surface area contributed by atoms with Crippen molar-refractivity contribution in [1.29, 1.82) is 0 Å². The second kappa shape index (κ2) is 7.85.